The van der Waals surface area contributed by atoms with Crippen LogP contribution >= 0.6 is 0 Å². The molecule has 1 aliphatic rings. The fraction of sp³-hybridized carbons (Fsp3) is 0.889. The number of hydrogen-bond donors (Lipinski definition) is 1. The van der Waals surface area contributed by atoms with E-state index < -0.39 is 0 Å². The Morgan fingerprint density at radius 2 is 2.09 bits per heavy atom. The number of nitrogens with two attached hydrogens (primary N) is 1. The summed E-state index contributed by atoms with van der Waals surface area (Å²) in [5.74, 6) is 0.659. The molecule has 1 aliphatic carbocycles. The minimum atomic E-state index is -0.0865. The van der Waals surface area contributed by atoms with Gasteiger partial charge in [-0.2, -0.15) is 0 Å². The first-order chi connectivity index (χ1) is 5.25. The predicted octanol–water partition coefficient (Wildman–Crippen LogP) is 1.69. The van der Waals surface area contributed by atoms with E-state index in [0.717, 1.165) is 12.8 Å². The Balaban J connectivity index is 2.51. The van der Waals surface area contributed by atoms with Crippen molar-refractivity contribution in [2.45, 2.75) is 39.0 Å². The first-order valence-corrected chi connectivity index (χ1v) is 4.55. The van der Waals surface area contributed by atoms with E-state index in [1.807, 2.05) is 0 Å². The molecule has 0 aromatic rings. The van der Waals surface area contributed by atoms with Gasteiger partial charge in [-0.25, -0.2) is 0 Å². The first-order valence-electron chi connectivity index (χ1n) is 4.55. The summed E-state index contributed by atoms with van der Waals surface area (Å²) in [6, 6.07) is 0. The van der Waals surface area contributed by atoms with Crippen molar-refractivity contribution in [1.29, 1.82) is 0 Å². The van der Waals surface area contributed by atoms with Gasteiger partial charge in [0.15, 0.2) is 0 Å². The van der Waals surface area contributed by atoms with Crippen molar-refractivity contribution in [2.75, 3.05) is 0 Å². The molecule has 1 amide bonds. The van der Waals surface area contributed by atoms with Crippen LogP contribution in [0.25, 0.3) is 0 Å². The van der Waals surface area contributed by atoms with Crippen molar-refractivity contribution in [3.8, 4) is 0 Å². The minimum absolute atomic E-state index is 0.0865. The zero-order valence-corrected chi connectivity index (χ0v) is 7.18. The average molecular weight is 155 g/mol. The van der Waals surface area contributed by atoms with Gasteiger partial charge in [0.1, 0.15) is 0 Å². The van der Waals surface area contributed by atoms with E-state index in [-0.39, 0.29) is 11.8 Å². The molecule has 0 aromatic heterocycles. The van der Waals surface area contributed by atoms with E-state index >= 15 is 0 Å². The topological polar surface area (TPSA) is 43.1 Å². The zero-order chi connectivity index (χ0) is 8.27. The first kappa shape index (κ1) is 8.57. The van der Waals surface area contributed by atoms with Crippen LogP contribution < -0.4 is 5.73 Å². The third-order valence-corrected chi connectivity index (χ3v) is 2.80. The zero-order valence-electron chi connectivity index (χ0n) is 7.18. The lowest BCUT2D eigenvalue weighted by Crippen LogP contribution is -2.31. The lowest BCUT2D eigenvalue weighted by Gasteiger charge is -2.27. The van der Waals surface area contributed by atoms with Crippen LogP contribution in [0.1, 0.15) is 39.0 Å². The van der Waals surface area contributed by atoms with E-state index in [9.17, 15) is 4.79 Å². The average Bonchev–Trinajstić information content (AvgIpc) is 2.04. The van der Waals surface area contributed by atoms with Gasteiger partial charge in [0, 0.05) is 5.92 Å². The Bertz CT molecular complexity index is 144. The fourth-order valence-corrected chi connectivity index (χ4v) is 2.07. The summed E-state index contributed by atoms with van der Waals surface area (Å²) in [6.07, 6.45) is 5.79. The second-order valence-corrected chi connectivity index (χ2v) is 3.46. The molecule has 0 aromatic carbocycles. The van der Waals surface area contributed by atoms with Crippen molar-refractivity contribution in [3.63, 3.8) is 0 Å². The molecule has 0 aliphatic heterocycles. The Kier molecular flexibility index (Phi) is 2.92. The van der Waals surface area contributed by atoms with Crippen LogP contribution in [0.3, 0.4) is 0 Å². The van der Waals surface area contributed by atoms with Gasteiger partial charge in [0.25, 0.3) is 0 Å². The monoisotopic (exact) mass is 155 g/mol. The number of primary amides is 1. The minimum Gasteiger partial charge on any atom is -0.369 e. The highest BCUT2D eigenvalue weighted by Crippen LogP contribution is 2.31. The largest absolute Gasteiger partial charge is 0.369 e. The van der Waals surface area contributed by atoms with Crippen molar-refractivity contribution < 1.29 is 4.79 Å². The molecule has 2 unspecified atom stereocenters. The number of hydrogen-bond acceptors (Lipinski definition) is 1. The summed E-state index contributed by atoms with van der Waals surface area (Å²) in [4.78, 5) is 10.9. The van der Waals surface area contributed by atoms with Crippen molar-refractivity contribution in [2.24, 2.45) is 17.6 Å². The summed E-state index contributed by atoms with van der Waals surface area (Å²) in [7, 11) is 0. The van der Waals surface area contributed by atoms with Crippen LogP contribution in [-0.4, -0.2) is 5.91 Å². The smallest absolute Gasteiger partial charge is 0.220 e. The van der Waals surface area contributed by atoms with Crippen LogP contribution in [0.4, 0.5) is 0 Å². The van der Waals surface area contributed by atoms with Crippen LogP contribution in [0, 0.1) is 11.8 Å². The normalized spacial score (nSPS) is 31.7. The molecule has 0 saturated heterocycles. The maximum absolute atomic E-state index is 10.9. The Morgan fingerprint density at radius 3 is 2.55 bits per heavy atom. The van der Waals surface area contributed by atoms with Gasteiger partial charge in [-0.3, -0.25) is 4.79 Å². The third-order valence-electron chi connectivity index (χ3n) is 2.80. The molecule has 2 atom stereocenters. The van der Waals surface area contributed by atoms with E-state index in [1.165, 1.54) is 19.3 Å². The van der Waals surface area contributed by atoms with Crippen molar-refractivity contribution >= 4 is 5.91 Å². The molecule has 2 heteroatoms. The summed E-state index contributed by atoms with van der Waals surface area (Å²) < 4.78 is 0. The molecule has 2 N–H and O–H groups in total. The number of rotatable bonds is 2. The van der Waals surface area contributed by atoms with E-state index in [2.05, 4.69) is 6.92 Å². The second-order valence-electron chi connectivity index (χ2n) is 3.46. The van der Waals surface area contributed by atoms with E-state index in [0.29, 0.717) is 5.92 Å². The van der Waals surface area contributed by atoms with Gasteiger partial charge in [-0.05, 0) is 18.8 Å². The highest BCUT2D eigenvalue weighted by atomic mass is 16.1. The van der Waals surface area contributed by atoms with Crippen LogP contribution in [-0.2, 0) is 4.79 Å². The molecule has 11 heavy (non-hydrogen) atoms. The molecule has 1 rings (SSSR count). The summed E-state index contributed by atoms with van der Waals surface area (Å²) >= 11 is 0. The predicted molar refractivity (Wildman–Crippen MR) is 44.9 cm³/mol. The number of amides is 1. The van der Waals surface area contributed by atoms with E-state index in [1.54, 1.807) is 0 Å². The summed E-state index contributed by atoms with van der Waals surface area (Å²) in [6.45, 7) is 2.14. The molecule has 64 valence electrons. The third kappa shape index (κ3) is 1.95. The molecule has 0 heterocycles. The maximum atomic E-state index is 10.9. The SMILES string of the molecule is CCC1CCCCC1C(N)=O. The highest BCUT2D eigenvalue weighted by Gasteiger charge is 2.27. The van der Waals surface area contributed by atoms with Crippen molar-refractivity contribution in [1.82, 2.24) is 0 Å². The van der Waals surface area contributed by atoms with Gasteiger partial charge < -0.3 is 5.73 Å². The van der Waals surface area contributed by atoms with E-state index in [4.69, 9.17) is 5.73 Å². The van der Waals surface area contributed by atoms with Crippen molar-refractivity contribution in [3.05, 3.63) is 0 Å². The van der Waals surface area contributed by atoms with Gasteiger partial charge in [0.05, 0.1) is 0 Å². The molecule has 1 fully saturated rings. The Hall–Kier alpha value is -0.530. The molecule has 2 nitrogen and oxygen atoms in total. The van der Waals surface area contributed by atoms with Crippen LogP contribution in [0.15, 0.2) is 0 Å². The molecule has 0 spiro atoms. The molecule has 0 bridgehead atoms. The number of carbonyl (C=O) groups excluding carboxylic acids is 1. The van der Waals surface area contributed by atoms with Crippen LogP contribution in [0.5, 0.6) is 0 Å². The standard InChI is InChI=1S/C9H17NO/c1-2-7-5-3-4-6-8(7)9(10)11/h7-8H,2-6H2,1H3,(H2,10,11). The van der Waals surface area contributed by atoms with Crippen LogP contribution in [0.2, 0.25) is 0 Å². The highest BCUT2D eigenvalue weighted by molar-refractivity contribution is 5.77. The quantitative estimate of drug-likeness (QED) is 0.648. The fourth-order valence-electron chi connectivity index (χ4n) is 2.07. The molecule has 0 radical (unpaired) electrons. The summed E-state index contributed by atoms with van der Waals surface area (Å²) in [5, 5.41) is 0. The lowest BCUT2D eigenvalue weighted by atomic mass is 9.77. The number of carbonyl (C=O) groups is 1. The second kappa shape index (κ2) is 3.74. The van der Waals surface area contributed by atoms with Gasteiger partial charge in [-0.15, -0.1) is 0 Å². The lowest BCUT2D eigenvalue weighted by molar-refractivity contribution is -0.124. The Morgan fingerprint density at radius 1 is 1.45 bits per heavy atom. The maximum Gasteiger partial charge on any atom is 0.220 e. The van der Waals surface area contributed by atoms with Gasteiger partial charge >= 0.3 is 0 Å². The Labute approximate surface area is 68.2 Å². The molecular weight excluding hydrogens is 138 g/mol. The molecular formula is C9H17NO. The summed E-state index contributed by atoms with van der Waals surface area (Å²) in [5.41, 5.74) is 5.29. The van der Waals surface area contributed by atoms with Gasteiger partial charge in [0.2, 0.25) is 5.91 Å². The molecule has 1 saturated carbocycles. The van der Waals surface area contributed by atoms with Gasteiger partial charge in [-0.1, -0.05) is 26.2 Å².